The van der Waals surface area contributed by atoms with Gasteiger partial charge >= 0.3 is 5.97 Å². The van der Waals surface area contributed by atoms with E-state index in [-0.39, 0.29) is 12.0 Å². The lowest BCUT2D eigenvalue weighted by molar-refractivity contribution is -0.125. The topological polar surface area (TPSA) is 49.8 Å². The first kappa shape index (κ1) is 12.7. The number of hydrogen-bond acceptors (Lipinski definition) is 4. The zero-order valence-corrected chi connectivity index (χ0v) is 9.80. The summed E-state index contributed by atoms with van der Waals surface area (Å²) in [6.45, 7) is 4.25. The molecular weight excluding hydrogens is 206 g/mol. The van der Waals surface area contributed by atoms with Gasteiger partial charge in [0.1, 0.15) is 0 Å². The second-order valence-corrected chi connectivity index (χ2v) is 3.88. The van der Waals surface area contributed by atoms with Crippen molar-refractivity contribution in [3.05, 3.63) is 35.4 Å². The molecule has 0 unspecified atom stereocenters. The summed E-state index contributed by atoms with van der Waals surface area (Å²) in [4.78, 5) is 11.2. The van der Waals surface area contributed by atoms with Crippen LogP contribution in [0.3, 0.4) is 0 Å². The number of ether oxygens (including phenoxy) is 1. The molecule has 0 amide bonds. The molecule has 0 atom stereocenters. The molecule has 0 fully saturated rings. The highest BCUT2D eigenvalue weighted by Gasteiger charge is 2.08. The van der Waals surface area contributed by atoms with Gasteiger partial charge in [0.15, 0.2) is 0 Å². The van der Waals surface area contributed by atoms with Crippen LogP contribution in [-0.2, 0) is 11.3 Å². The van der Waals surface area contributed by atoms with Crippen molar-refractivity contribution in [3.8, 4) is 0 Å². The maximum Gasteiger partial charge on any atom is 0.337 e. The summed E-state index contributed by atoms with van der Waals surface area (Å²) in [5.41, 5.74) is 1.46. The van der Waals surface area contributed by atoms with E-state index in [0.29, 0.717) is 12.1 Å². The molecule has 0 spiro atoms. The van der Waals surface area contributed by atoms with Crippen molar-refractivity contribution >= 4 is 5.97 Å². The van der Waals surface area contributed by atoms with E-state index < -0.39 is 0 Å². The van der Waals surface area contributed by atoms with Crippen LogP contribution in [0.2, 0.25) is 0 Å². The highest BCUT2D eigenvalue weighted by Crippen LogP contribution is 2.09. The summed E-state index contributed by atoms with van der Waals surface area (Å²) in [5.74, 6) is -0.351. The molecule has 0 saturated heterocycles. The molecular formula is C12H17NO3. The molecule has 88 valence electrons. The number of rotatable bonds is 4. The molecule has 0 aromatic heterocycles. The molecule has 4 nitrogen and oxygen atoms in total. The summed E-state index contributed by atoms with van der Waals surface area (Å²) < 4.78 is 4.60. The van der Waals surface area contributed by atoms with Crippen molar-refractivity contribution in [3.63, 3.8) is 0 Å². The molecule has 0 bridgehead atoms. The maximum absolute atomic E-state index is 11.2. The molecule has 1 aromatic carbocycles. The fourth-order valence-corrected chi connectivity index (χ4v) is 1.23. The summed E-state index contributed by atoms with van der Waals surface area (Å²) in [6.07, 6.45) is 0. The monoisotopic (exact) mass is 223 g/mol. The fourth-order valence-electron chi connectivity index (χ4n) is 1.23. The number of hydroxylamine groups is 2. The van der Waals surface area contributed by atoms with Gasteiger partial charge < -0.3 is 9.94 Å². The van der Waals surface area contributed by atoms with E-state index in [9.17, 15) is 10.0 Å². The molecule has 16 heavy (non-hydrogen) atoms. The van der Waals surface area contributed by atoms with Crippen LogP contribution in [0.25, 0.3) is 0 Å². The third kappa shape index (κ3) is 3.32. The van der Waals surface area contributed by atoms with Gasteiger partial charge in [-0.25, -0.2) is 4.79 Å². The number of methoxy groups -OCH3 is 1. The minimum absolute atomic E-state index is 0.0697. The van der Waals surface area contributed by atoms with Gasteiger partial charge in [0, 0.05) is 12.6 Å². The molecule has 0 aliphatic rings. The largest absolute Gasteiger partial charge is 0.465 e. The van der Waals surface area contributed by atoms with Crippen LogP contribution in [0.15, 0.2) is 24.3 Å². The lowest BCUT2D eigenvalue weighted by Gasteiger charge is -2.18. The van der Waals surface area contributed by atoms with Crippen molar-refractivity contribution in [2.45, 2.75) is 26.4 Å². The Kier molecular flexibility index (Phi) is 4.46. The quantitative estimate of drug-likeness (QED) is 0.627. The van der Waals surface area contributed by atoms with Crippen LogP contribution in [0.4, 0.5) is 0 Å². The van der Waals surface area contributed by atoms with Gasteiger partial charge in [0.2, 0.25) is 0 Å². The van der Waals surface area contributed by atoms with Crippen molar-refractivity contribution in [1.29, 1.82) is 0 Å². The summed E-state index contributed by atoms with van der Waals surface area (Å²) >= 11 is 0. The van der Waals surface area contributed by atoms with Crippen molar-refractivity contribution in [2.75, 3.05) is 7.11 Å². The molecule has 4 heteroatoms. The van der Waals surface area contributed by atoms with Crippen LogP contribution < -0.4 is 0 Å². The first-order chi connectivity index (χ1) is 7.54. The van der Waals surface area contributed by atoms with Crippen LogP contribution in [0.5, 0.6) is 0 Å². The van der Waals surface area contributed by atoms with Crippen LogP contribution >= 0.6 is 0 Å². The van der Waals surface area contributed by atoms with Crippen LogP contribution in [0.1, 0.15) is 29.8 Å². The van der Waals surface area contributed by atoms with E-state index >= 15 is 0 Å². The van der Waals surface area contributed by atoms with Crippen molar-refractivity contribution in [2.24, 2.45) is 0 Å². The van der Waals surface area contributed by atoms with Gasteiger partial charge in [0.05, 0.1) is 12.7 Å². The smallest absolute Gasteiger partial charge is 0.337 e. The lowest BCUT2D eigenvalue weighted by atomic mass is 10.1. The minimum Gasteiger partial charge on any atom is -0.465 e. The summed E-state index contributed by atoms with van der Waals surface area (Å²) in [5, 5.41) is 10.8. The Morgan fingerprint density at radius 3 is 2.38 bits per heavy atom. The first-order valence-electron chi connectivity index (χ1n) is 5.17. The number of carbonyl (C=O) groups excluding carboxylic acids is 1. The number of carbonyl (C=O) groups is 1. The zero-order valence-electron chi connectivity index (χ0n) is 9.80. The number of nitrogens with zero attached hydrogens (tertiary/aromatic N) is 1. The van der Waals surface area contributed by atoms with Gasteiger partial charge in [-0.3, -0.25) is 0 Å². The SMILES string of the molecule is COC(=O)c1ccc(CN(O)C(C)C)cc1. The van der Waals surface area contributed by atoms with Crippen molar-refractivity contribution < 1.29 is 14.7 Å². The Hall–Kier alpha value is -1.39. The fraction of sp³-hybridized carbons (Fsp3) is 0.417. The highest BCUT2D eigenvalue weighted by molar-refractivity contribution is 5.89. The maximum atomic E-state index is 11.2. The van der Waals surface area contributed by atoms with Crippen LogP contribution in [-0.4, -0.2) is 29.4 Å². The molecule has 1 aromatic rings. The molecule has 0 radical (unpaired) electrons. The minimum atomic E-state index is -0.351. The van der Waals surface area contributed by atoms with Gasteiger partial charge in [-0.2, -0.15) is 5.06 Å². The van der Waals surface area contributed by atoms with Gasteiger partial charge in [0.25, 0.3) is 0 Å². The van der Waals surface area contributed by atoms with E-state index in [4.69, 9.17) is 0 Å². The van der Waals surface area contributed by atoms with Crippen molar-refractivity contribution in [1.82, 2.24) is 5.06 Å². The second-order valence-electron chi connectivity index (χ2n) is 3.88. The third-order valence-corrected chi connectivity index (χ3v) is 2.32. The molecule has 0 aliphatic heterocycles. The van der Waals surface area contributed by atoms with E-state index in [1.807, 2.05) is 13.8 Å². The predicted molar refractivity (Wildman–Crippen MR) is 60.2 cm³/mol. The molecule has 0 heterocycles. The van der Waals surface area contributed by atoms with Gasteiger partial charge in [-0.1, -0.05) is 12.1 Å². The Labute approximate surface area is 95.4 Å². The average Bonchev–Trinajstić information content (AvgIpc) is 2.28. The molecule has 0 aliphatic carbocycles. The molecule has 0 saturated carbocycles. The van der Waals surface area contributed by atoms with E-state index in [1.54, 1.807) is 24.3 Å². The standard InChI is InChI=1S/C12H17NO3/c1-9(2)13(15)8-10-4-6-11(7-5-10)12(14)16-3/h4-7,9,15H,8H2,1-3H3. The zero-order chi connectivity index (χ0) is 12.1. The number of hydrogen-bond donors (Lipinski definition) is 1. The van der Waals surface area contributed by atoms with Crippen LogP contribution in [0, 0.1) is 0 Å². The Bertz CT molecular complexity index is 346. The number of esters is 1. The summed E-state index contributed by atoms with van der Waals surface area (Å²) in [6, 6.07) is 7.06. The second kappa shape index (κ2) is 5.63. The Morgan fingerprint density at radius 2 is 1.94 bits per heavy atom. The van der Waals surface area contributed by atoms with E-state index in [1.165, 1.54) is 12.2 Å². The predicted octanol–water partition coefficient (Wildman–Crippen LogP) is 2.07. The highest BCUT2D eigenvalue weighted by atomic mass is 16.5. The Balaban J connectivity index is 2.68. The third-order valence-electron chi connectivity index (χ3n) is 2.32. The molecule has 1 rings (SSSR count). The van der Waals surface area contributed by atoms with Gasteiger partial charge in [-0.05, 0) is 31.5 Å². The average molecular weight is 223 g/mol. The molecule has 1 N–H and O–H groups in total. The lowest BCUT2D eigenvalue weighted by Crippen LogP contribution is -2.26. The normalized spacial score (nSPS) is 10.9. The first-order valence-corrected chi connectivity index (χ1v) is 5.17. The Morgan fingerprint density at radius 1 is 1.38 bits per heavy atom. The number of benzene rings is 1. The summed E-state index contributed by atoms with van der Waals surface area (Å²) in [7, 11) is 1.35. The van der Waals surface area contributed by atoms with E-state index in [0.717, 1.165) is 5.56 Å². The van der Waals surface area contributed by atoms with E-state index in [2.05, 4.69) is 4.74 Å². The van der Waals surface area contributed by atoms with Gasteiger partial charge in [-0.15, -0.1) is 0 Å².